The van der Waals surface area contributed by atoms with Crippen molar-refractivity contribution < 1.29 is 22.7 Å². The number of nitrogens with one attached hydrogen (secondary N) is 1. The van der Waals surface area contributed by atoms with Crippen LogP contribution in [0.5, 0.6) is 0 Å². The van der Waals surface area contributed by atoms with Gasteiger partial charge in [0.2, 0.25) is 0 Å². The molecule has 1 heterocycles. The highest BCUT2D eigenvalue weighted by molar-refractivity contribution is 5.82. The largest absolute Gasteiger partial charge is 0.389 e. The summed E-state index contributed by atoms with van der Waals surface area (Å²) in [6.45, 7) is 3.38. The van der Waals surface area contributed by atoms with E-state index in [0.717, 1.165) is 13.0 Å². The van der Waals surface area contributed by atoms with E-state index < -0.39 is 24.9 Å². The van der Waals surface area contributed by atoms with Crippen LogP contribution in [0, 0.1) is 5.92 Å². The Morgan fingerprint density at radius 3 is 2.71 bits per heavy atom. The molecule has 3 nitrogen and oxygen atoms in total. The third kappa shape index (κ3) is 5.04. The number of hydrogen-bond donors (Lipinski definition) is 1. The zero-order valence-electron chi connectivity index (χ0n) is 9.85. The Bertz CT molecular complexity index is 256. The maximum absolute atomic E-state index is 12.0. The highest BCUT2D eigenvalue weighted by Crippen LogP contribution is 2.24. The van der Waals surface area contributed by atoms with Gasteiger partial charge in [0, 0.05) is 12.5 Å². The fraction of sp³-hybridized carbons (Fsp3) is 0.909. The first kappa shape index (κ1) is 14.4. The molecule has 0 spiro atoms. The van der Waals surface area contributed by atoms with Gasteiger partial charge in [0.15, 0.2) is 0 Å². The molecule has 1 aliphatic heterocycles. The van der Waals surface area contributed by atoms with Crippen LogP contribution in [0.25, 0.3) is 0 Å². The van der Waals surface area contributed by atoms with Crippen molar-refractivity contribution in [2.45, 2.75) is 38.4 Å². The fourth-order valence-corrected chi connectivity index (χ4v) is 1.85. The molecule has 0 saturated carbocycles. The molecule has 0 aromatic rings. The summed E-state index contributed by atoms with van der Waals surface area (Å²) >= 11 is 0. The van der Waals surface area contributed by atoms with E-state index in [0.29, 0.717) is 6.61 Å². The van der Waals surface area contributed by atoms with Crippen molar-refractivity contribution in [1.29, 1.82) is 0 Å². The second-order valence-corrected chi connectivity index (χ2v) is 4.29. The first-order chi connectivity index (χ1) is 7.94. The summed E-state index contributed by atoms with van der Waals surface area (Å²) in [7, 11) is 0. The van der Waals surface area contributed by atoms with Crippen LogP contribution in [0.15, 0.2) is 0 Å². The Morgan fingerprint density at radius 1 is 1.41 bits per heavy atom. The summed E-state index contributed by atoms with van der Waals surface area (Å²) in [6.07, 6.45) is -4.83. The summed E-state index contributed by atoms with van der Waals surface area (Å²) in [5.41, 5.74) is 0. The van der Waals surface area contributed by atoms with E-state index in [1.807, 2.05) is 6.92 Å². The minimum atomic E-state index is -4.26. The molecule has 6 heteroatoms. The van der Waals surface area contributed by atoms with Gasteiger partial charge in [-0.15, -0.1) is 0 Å². The minimum absolute atomic E-state index is 0.129. The molecule has 1 fully saturated rings. The van der Waals surface area contributed by atoms with Gasteiger partial charge in [-0.25, -0.2) is 0 Å². The van der Waals surface area contributed by atoms with Gasteiger partial charge in [-0.1, -0.05) is 6.92 Å². The van der Waals surface area contributed by atoms with Crippen molar-refractivity contribution in [2.75, 3.05) is 19.8 Å². The molecule has 1 saturated heterocycles. The third-order valence-corrected chi connectivity index (χ3v) is 2.81. The standard InChI is InChI=1S/C11H18F3NO2/c1-2-5-15-9-7-17-6-8(9)10(16)3-4-11(12,13)14/h8-9,15H,2-7H2,1H3. The summed E-state index contributed by atoms with van der Waals surface area (Å²) in [6, 6.07) is -0.129. The number of Topliss-reactive ketones (excluding diaryl/α,β-unsaturated/α-hetero) is 1. The minimum Gasteiger partial charge on any atom is -0.379 e. The molecule has 100 valence electrons. The topological polar surface area (TPSA) is 38.3 Å². The van der Waals surface area contributed by atoms with E-state index in [-0.39, 0.29) is 18.4 Å². The molecule has 0 aromatic heterocycles. The monoisotopic (exact) mass is 253 g/mol. The van der Waals surface area contributed by atoms with Crippen LogP contribution < -0.4 is 5.32 Å². The third-order valence-electron chi connectivity index (χ3n) is 2.81. The fourth-order valence-electron chi connectivity index (χ4n) is 1.85. The molecule has 17 heavy (non-hydrogen) atoms. The van der Waals surface area contributed by atoms with Crippen LogP contribution in [0.4, 0.5) is 13.2 Å². The predicted octanol–water partition coefficient (Wildman–Crippen LogP) is 1.91. The Labute approximate surface area is 98.7 Å². The van der Waals surface area contributed by atoms with Gasteiger partial charge >= 0.3 is 6.18 Å². The van der Waals surface area contributed by atoms with E-state index in [1.165, 1.54) is 0 Å². The zero-order valence-corrected chi connectivity index (χ0v) is 9.85. The van der Waals surface area contributed by atoms with Gasteiger partial charge in [0.25, 0.3) is 0 Å². The van der Waals surface area contributed by atoms with Crippen molar-refractivity contribution in [2.24, 2.45) is 5.92 Å². The number of ether oxygens (including phenoxy) is 1. The molecule has 1 N–H and O–H groups in total. The number of halogens is 3. The smallest absolute Gasteiger partial charge is 0.379 e. The number of ketones is 1. The van der Waals surface area contributed by atoms with Crippen molar-refractivity contribution >= 4 is 5.78 Å². The van der Waals surface area contributed by atoms with Gasteiger partial charge in [0.05, 0.1) is 25.6 Å². The van der Waals surface area contributed by atoms with E-state index >= 15 is 0 Å². The highest BCUT2D eigenvalue weighted by atomic mass is 19.4. The van der Waals surface area contributed by atoms with Crippen LogP contribution >= 0.6 is 0 Å². The second kappa shape index (κ2) is 6.35. The maximum atomic E-state index is 12.0. The Morgan fingerprint density at radius 2 is 2.12 bits per heavy atom. The quantitative estimate of drug-likeness (QED) is 0.786. The Hall–Kier alpha value is -0.620. The van der Waals surface area contributed by atoms with Gasteiger partial charge < -0.3 is 10.1 Å². The molecule has 0 aromatic carbocycles. The molecule has 1 aliphatic rings. The molecule has 0 radical (unpaired) electrons. The lowest BCUT2D eigenvalue weighted by molar-refractivity contribution is -0.145. The first-order valence-electron chi connectivity index (χ1n) is 5.84. The lowest BCUT2D eigenvalue weighted by Crippen LogP contribution is -2.39. The van der Waals surface area contributed by atoms with Gasteiger partial charge in [0.1, 0.15) is 5.78 Å². The van der Waals surface area contributed by atoms with E-state index in [4.69, 9.17) is 4.74 Å². The molecular formula is C11H18F3NO2. The van der Waals surface area contributed by atoms with Crippen LogP contribution in [-0.4, -0.2) is 37.8 Å². The van der Waals surface area contributed by atoms with Gasteiger partial charge in [-0.3, -0.25) is 4.79 Å². The SMILES string of the molecule is CCCNC1COCC1C(=O)CCC(F)(F)F. The van der Waals surface area contributed by atoms with Crippen LogP contribution in [0.3, 0.4) is 0 Å². The van der Waals surface area contributed by atoms with Crippen LogP contribution in [0.2, 0.25) is 0 Å². The lowest BCUT2D eigenvalue weighted by atomic mass is 9.95. The van der Waals surface area contributed by atoms with Crippen molar-refractivity contribution in [3.63, 3.8) is 0 Å². The van der Waals surface area contributed by atoms with E-state index in [9.17, 15) is 18.0 Å². The average Bonchev–Trinajstić information content (AvgIpc) is 2.70. The lowest BCUT2D eigenvalue weighted by Gasteiger charge is -2.18. The van der Waals surface area contributed by atoms with Crippen molar-refractivity contribution in [1.82, 2.24) is 5.32 Å². The van der Waals surface area contributed by atoms with Gasteiger partial charge in [-0.2, -0.15) is 13.2 Å². The molecule has 2 atom stereocenters. The molecule has 0 amide bonds. The maximum Gasteiger partial charge on any atom is 0.389 e. The summed E-state index contributed by atoms with van der Waals surface area (Å²) in [5, 5.41) is 3.13. The molecular weight excluding hydrogens is 235 g/mol. The molecule has 0 aliphatic carbocycles. The Balaban J connectivity index is 2.39. The number of alkyl halides is 3. The highest BCUT2D eigenvalue weighted by Gasteiger charge is 2.35. The average molecular weight is 253 g/mol. The van der Waals surface area contributed by atoms with Crippen molar-refractivity contribution in [3.8, 4) is 0 Å². The summed E-state index contributed by atoms with van der Waals surface area (Å²) in [4.78, 5) is 11.6. The number of carbonyl (C=O) groups excluding carboxylic acids is 1. The van der Waals surface area contributed by atoms with Crippen molar-refractivity contribution in [3.05, 3.63) is 0 Å². The first-order valence-corrected chi connectivity index (χ1v) is 5.84. The Kier molecular flexibility index (Phi) is 5.39. The van der Waals surface area contributed by atoms with Gasteiger partial charge in [-0.05, 0) is 13.0 Å². The number of rotatable bonds is 6. The van der Waals surface area contributed by atoms with E-state index in [1.54, 1.807) is 0 Å². The van der Waals surface area contributed by atoms with E-state index in [2.05, 4.69) is 5.32 Å². The molecule has 2 unspecified atom stereocenters. The van der Waals surface area contributed by atoms with Crippen LogP contribution in [0.1, 0.15) is 26.2 Å². The summed E-state index contributed by atoms with van der Waals surface area (Å²) < 4.78 is 41.2. The van der Waals surface area contributed by atoms with Crippen LogP contribution in [-0.2, 0) is 9.53 Å². The predicted molar refractivity (Wildman–Crippen MR) is 56.7 cm³/mol. The second-order valence-electron chi connectivity index (χ2n) is 4.29. The molecule has 0 bridgehead atoms. The zero-order chi connectivity index (χ0) is 12.9. The molecule has 1 rings (SSSR count). The number of hydrogen-bond acceptors (Lipinski definition) is 3. The summed E-state index contributed by atoms with van der Waals surface area (Å²) in [5.74, 6) is -0.780. The normalized spacial score (nSPS) is 25.2. The number of carbonyl (C=O) groups is 1.